The molecule has 4 nitrogen and oxygen atoms in total. The fourth-order valence-electron chi connectivity index (χ4n) is 1.24. The van der Waals surface area contributed by atoms with Crippen molar-refractivity contribution >= 4 is 5.91 Å². The average Bonchev–Trinajstić information content (AvgIpc) is 2.96. The number of hydrogen-bond acceptors (Lipinski definition) is 3. The Labute approximate surface area is 87.2 Å². The van der Waals surface area contributed by atoms with E-state index in [0.717, 1.165) is 17.7 Å². The molecule has 0 heterocycles. The van der Waals surface area contributed by atoms with Gasteiger partial charge in [0.2, 0.25) is 5.91 Å². The summed E-state index contributed by atoms with van der Waals surface area (Å²) in [6, 6.07) is 0.372. The van der Waals surface area contributed by atoms with Crippen molar-refractivity contribution in [2.45, 2.75) is 25.3 Å². The maximum absolute atomic E-state index is 12.1. The number of rotatable bonds is 7. The Hall–Kier alpha value is -0.750. The molecule has 2 N–H and O–H groups in total. The Morgan fingerprint density at radius 1 is 1.53 bits per heavy atom. The first-order valence-corrected chi connectivity index (χ1v) is 5.03. The number of alkyl halides is 2. The van der Waals surface area contributed by atoms with E-state index in [1.54, 1.807) is 0 Å². The van der Waals surface area contributed by atoms with E-state index in [0.29, 0.717) is 6.04 Å². The van der Waals surface area contributed by atoms with Crippen LogP contribution in [0.4, 0.5) is 8.78 Å². The third-order valence-corrected chi connectivity index (χ3v) is 2.20. The molecule has 0 atom stereocenters. The van der Waals surface area contributed by atoms with Crippen LogP contribution in [-0.4, -0.2) is 54.6 Å². The van der Waals surface area contributed by atoms with Crippen LogP contribution in [0.25, 0.3) is 0 Å². The lowest BCUT2D eigenvalue weighted by Gasteiger charge is -2.21. The van der Waals surface area contributed by atoms with Crippen LogP contribution in [0.5, 0.6) is 0 Å². The van der Waals surface area contributed by atoms with Crippen molar-refractivity contribution < 1.29 is 18.7 Å². The van der Waals surface area contributed by atoms with Gasteiger partial charge in [-0.25, -0.2) is 8.78 Å². The molecule has 0 aromatic carbocycles. The predicted octanol–water partition coefficient (Wildman–Crippen LogP) is -0.176. The SMILES string of the molecule is O=C(CNC1CC1)N(CCO)CC(F)F. The largest absolute Gasteiger partial charge is 0.395 e. The third-order valence-electron chi connectivity index (χ3n) is 2.20. The molecule has 15 heavy (non-hydrogen) atoms. The highest BCUT2D eigenvalue weighted by Gasteiger charge is 2.23. The van der Waals surface area contributed by atoms with E-state index in [9.17, 15) is 13.6 Å². The van der Waals surface area contributed by atoms with E-state index in [1.165, 1.54) is 0 Å². The lowest BCUT2D eigenvalue weighted by Crippen LogP contribution is -2.42. The zero-order valence-electron chi connectivity index (χ0n) is 8.46. The van der Waals surface area contributed by atoms with Crippen LogP contribution in [0.2, 0.25) is 0 Å². The number of nitrogens with one attached hydrogen (secondary N) is 1. The average molecular weight is 222 g/mol. The Morgan fingerprint density at radius 3 is 2.67 bits per heavy atom. The summed E-state index contributed by atoms with van der Waals surface area (Å²) in [6.07, 6.45) is -0.467. The summed E-state index contributed by atoms with van der Waals surface area (Å²) in [6.45, 7) is -0.847. The summed E-state index contributed by atoms with van der Waals surface area (Å²) in [5, 5.41) is 11.6. The number of carbonyl (C=O) groups excluding carboxylic acids is 1. The van der Waals surface area contributed by atoms with E-state index in [4.69, 9.17) is 5.11 Å². The van der Waals surface area contributed by atoms with Gasteiger partial charge in [-0.05, 0) is 12.8 Å². The van der Waals surface area contributed by atoms with Crippen molar-refractivity contribution in [3.8, 4) is 0 Å². The van der Waals surface area contributed by atoms with Gasteiger partial charge in [-0.1, -0.05) is 0 Å². The Morgan fingerprint density at radius 2 is 2.20 bits per heavy atom. The van der Waals surface area contributed by atoms with Gasteiger partial charge in [-0.2, -0.15) is 0 Å². The molecule has 6 heteroatoms. The summed E-state index contributed by atoms with van der Waals surface area (Å²) in [4.78, 5) is 12.4. The summed E-state index contributed by atoms with van der Waals surface area (Å²) in [7, 11) is 0. The van der Waals surface area contributed by atoms with Crippen molar-refractivity contribution in [1.29, 1.82) is 0 Å². The van der Waals surface area contributed by atoms with Gasteiger partial charge in [0, 0.05) is 12.6 Å². The molecule has 0 bridgehead atoms. The molecule has 1 rings (SSSR count). The molecule has 0 saturated heterocycles. The minimum Gasteiger partial charge on any atom is -0.395 e. The molecule has 0 aliphatic heterocycles. The lowest BCUT2D eigenvalue weighted by atomic mass is 10.4. The van der Waals surface area contributed by atoms with Crippen LogP contribution in [0.15, 0.2) is 0 Å². The normalized spacial score (nSPS) is 15.7. The van der Waals surface area contributed by atoms with Crippen LogP contribution in [0, 0.1) is 0 Å². The maximum Gasteiger partial charge on any atom is 0.255 e. The summed E-state index contributed by atoms with van der Waals surface area (Å²) < 4.78 is 24.2. The minimum absolute atomic E-state index is 0.0322. The molecule has 1 saturated carbocycles. The van der Waals surface area contributed by atoms with Crippen molar-refractivity contribution in [3.63, 3.8) is 0 Å². The molecule has 0 radical (unpaired) electrons. The second-order valence-electron chi connectivity index (χ2n) is 3.61. The highest BCUT2D eigenvalue weighted by Crippen LogP contribution is 2.18. The van der Waals surface area contributed by atoms with E-state index in [2.05, 4.69) is 5.32 Å². The number of aliphatic hydroxyl groups is 1. The Bertz CT molecular complexity index is 210. The number of amides is 1. The number of aliphatic hydroxyl groups excluding tert-OH is 1. The monoisotopic (exact) mass is 222 g/mol. The Kier molecular flexibility index (Phi) is 4.90. The van der Waals surface area contributed by atoms with Crippen molar-refractivity contribution in [3.05, 3.63) is 0 Å². The summed E-state index contributed by atoms with van der Waals surface area (Å²) >= 11 is 0. The molecule has 0 unspecified atom stereocenters. The first-order chi connectivity index (χ1) is 7.13. The van der Waals surface area contributed by atoms with E-state index >= 15 is 0 Å². The fourth-order valence-corrected chi connectivity index (χ4v) is 1.24. The number of halogens is 2. The first-order valence-electron chi connectivity index (χ1n) is 5.03. The van der Waals surface area contributed by atoms with Crippen molar-refractivity contribution in [2.75, 3.05) is 26.2 Å². The fraction of sp³-hybridized carbons (Fsp3) is 0.889. The minimum atomic E-state index is -2.55. The maximum atomic E-state index is 12.1. The van der Waals surface area contributed by atoms with Gasteiger partial charge in [0.1, 0.15) is 0 Å². The third kappa shape index (κ3) is 5.03. The molecule has 0 aromatic heterocycles. The van der Waals surface area contributed by atoms with Crippen LogP contribution in [-0.2, 0) is 4.79 Å². The number of carbonyl (C=O) groups is 1. The van der Waals surface area contributed by atoms with Gasteiger partial charge >= 0.3 is 0 Å². The van der Waals surface area contributed by atoms with Gasteiger partial charge in [-0.15, -0.1) is 0 Å². The highest BCUT2D eigenvalue weighted by molar-refractivity contribution is 5.78. The number of nitrogens with zero attached hydrogens (tertiary/aromatic N) is 1. The topological polar surface area (TPSA) is 52.6 Å². The second-order valence-corrected chi connectivity index (χ2v) is 3.61. The Balaban J connectivity index is 2.27. The van der Waals surface area contributed by atoms with Gasteiger partial charge < -0.3 is 15.3 Å². The van der Waals surface area contributed by atoms with Gasteiger partial charge in [0.25, 0.3) is 6.43 Å². The molecule has 1 amide bonds. The molecule has 1 aliphatic rings. The van der Waals surface area contributed by atoms with Crippen molar-refractivity contribution in [2.24, 2.45) is 0 Å². The number of hydrogen-bond donors (Lipinski definition) is 2. The first kappa shape index (κ1) is 12.3. The molecule has 1 fully saturated rings. The predicted molar refractivity (Wildman–Crippen MR) is 50.7 cm³/mol. The van der Waals surface area contributed by atoms with E-state index in [1.807, 2.05) is 0 Å². The molecule has 1 aliphatic carbocycles. The van der Waals surface area contributed by atoms with Crippen molar-refractivity contribution in [1.82, 2.24) is 10.2 Å². The quantitative estimate of drug-likeness (QED) is 0.628. The molecular weight excluding hydrogens is 206 g/mol. The zero-order valence-corrected chi connectivity index (χ0v) is 8.46. The zero-order chi connectivity index (χ0) is 11.3. The van der Waals surface area contributed by atoms with Gasteiger partial charge in [-0.3, -0.25) is 4.79 Å². The summed E-state index contributed by atoms with van der Waals surface area (Å²) in [5.41, 5.74) is 0. The standard InChI is InChI=1S/C9H16F2N2O2/c10-8(11)6-13(3-4-14)9(15)5-12-7-1-2-7/h7-8,12,14H,1-6H2. The van der Waals surface area contributed by atoms with Gasteiger partial charge in [0.05, 0.1) is 19.7 Å². The lowest BCUT2D eigenvalue weighted by molar-refractivity contribution is -0.132. The van der Waals surface area contributed by atoms with Crippen LogP contribution >= 0.6 is 0 Å². The van der Waals surface area contributed by atoms with E-state index < -0.39 is 13.0 Å². The van der Waals surface area contributed by atoms with Crippen LogP contribution in [0.3, 0.4) is 0 Å². The molecule has 0 spiro atoms. The summed E-state index contributed by atoms with van der Waals surface area (Å²) in [5.74, 6) is -0.378. The van der Waals surface area contributed by atoms with E-state index in [-0.39, 0.29) is 25.6 Å². The van der Waals surface area contributed by atoms with Crippen LogP contribution < -0.4 is 5.32 Å². The highest BCUT2D eigenvalue weighted by atomic mass is 19.3. The molecule has 88 valence electrons. The smallest absolute Gasteiger partial charge is 0.255 e. The molecular formula is C9H16F2N2O2. The molecule has 0 aromatic rings. The van der Waals surface area contributed by atoms with Gasteiger partial charge in [0.15, 0.2) is 0 Å². The second kappa shape index (κ2) is 5.97. The van der Waals surface area contributed by atoms with Crippen LogP contribution in [0.1, 0.15) is 12.8 Å².